The van der Waals surface area contributed by atoms with Gasteiger partial charge >= 0.3 is 0 Å². The van der Waals surface area contributed by atoms with Gasteiger partial charge in [0.15, 0.2) is 0 Å². The third kappa shape index (κ3) is 3.79. The zero-order chi connectivity index (χ0) is 12.1. The lowest BCUT2D eigenvalue weighted by Gasteiger charge is -2.22. The van der Waals surface area contributed by atoms with Crippen LogP contribution in [0.1, 0.15) is 31.2 Å². The molecule has 17 heavy (non-hydrogen) atoms. The second kappa shape index (κ2) is 5.61. The molecule has 0 bridgehead atoms. The van der Waals surface area contributed by atoms with Crippen LogP contribution in [0.25, 0.3) is 0 Å². The molecular weight excluding hydrogens is 217 g/mol. The van der Waals surface area contributed by atoms with Gasteiger partial charge in [0.25, 0.3) is 0 Å². The highest BCUT2D eigenvalue weighted by Gasteiger charge is 2.30. The molecule has 0 radical (unpaired) electrons. The standard InChI is InChI=1S/C14H20FNO/c15-13-5-3-12(4-6-13)7-10-16-11-14(17)8-1-2-9-14/h3-6,16-17H,1-2,7-11H2. The molecule has 0 spiro atoms. The van der Waals surface area contributed by atoms with Crippen molar-refractivity contribution in [3.8, 4) is 0 Å². The minimum absolute atomic E-state index is 0.193. The van der Waals surface area contributed by atoms with Crippen LogP contribution < -0.4 is 5.32 Å². The first-order valence-electron chi connectivity index (χ1n) is 6.36. The van der Waals surface area contributed by atoms with Gasteiger partial charge < -0.3 is 10.4 Å². The predicted molar refractivity (Wildman–Crippen MR) is 66.4 cm³/mol. The van der Waals surface area contributed by atoms with E-state index in [1.807, 2.05) is 0 Å². The lowest BCUT2D eigenvalue weighted by atomic mass is 10.0. The smallest absolute Gasteiger partial charge is 0.123 e. The monoisotopic (exact) mass is 237 g/mol. The number of halogens is 1. The minimum atomic E-state index is -0.483. The molecule has 0 amide bonds. The van der Waals surface area contributed by atoms with Gasteiger partial charge in [-0.05, 0) is 43.5 Å². The first-order valence-corrected chi connectivity index (χ1v) is 6.36. The van der Waals surface area contributed by atoms with Crippen LogP contribution in [0.15, 0.2) is 24.3 Å². The van der Waals surface area contributed by atoms with E-state index in [0.717, 1.165) is 44.2 Å². The highest BCUT2D eigenvalue weighted by Crippen LogP contribution is 2.28. The lowest BCUT2D eigenvalue weighted by Crippen LogP contribution is -2.38. The van der Waals surface area contributed by atoms with E-state index >= 15 is 0 Å². The molecule has 1 saturated carbocycles. The highest BCUT2D eigenvalue weighted by molar-refractivity contribution is 5.16. The van der Waals surface area contributed by atoms with Crippen LogP contribution >= 0.6 is 0 Å². The molecule has 1 fully saturated rings. The molecule has 1 aromatic rings. The molecule has 0 aromatic heterocycles. The number of rotatable bonds is 5. The van der Waals surface area contributed by atoms with E-state index in [-0.39, 0.29) is 5.82 Å². The van der Waals surface area contributed by atoms with E-state index in [4.69, 9.17) is 0 Å². The van der Waals surface area contributed by atoms with E-state index in [1.54, 1.807) is 12.1 Å². The van der Waals surface area contributed by atoms with Gasteiger partial charge in [-0.25, -0.2) is 4.39 Å². The fourth-order valence-electron chi connectivity index (χ4n) is 2.41. The summed E-state index contributed by atoms with van der Waals surface area (Å²) < 4.78 is 12.7. The Balaban J connectivity index is 1.67. The van der Waals surface area contributed by atoms with E-state index in [9.17, 15) is 9.50 Å². The van der Waals surface area contributed by atoms with Crippen LogP contribution in [0.3, 0.4) is 0 Å². The van der Waals surface area contributed by atoms with Crippen molar-refractivity contribution in [3.05, 3.63) is 35.6 Å². The first kappa shape index (κ1) is 12.5. The van der Waals surface area contributed by atoms with E-state index < -0.39 is 5.60 Å². The molecule has 2 nitrogen and oxygen atoms in total. The summed E-state index contributed by atoms with van der Waals surface area (Å²) >= 11 is 0. The average molecular weight is 237 g/mol. The molecule has 0 saturated heterocycles. The van der Waals surface area contributed by atoms with Crippen molar-refractivity contribution in [1.29, 1.82) is 0 Å². The Morgan fingerprint density at radius 1 is 1.18 bits per heavy atom. The van der Waals surface area contributed by atoms with Crippen molar-refractivity contribution in [2.75, 3.05) is 13.1 Å². The van der Waals surface area contributed by atoms with E-state index in [2.05, 4.69) is 5.32 Å². The predicted octanol–water partition coefficient (Wildman–Crippen LogP) is 2.26. The molecule has 0 aliphatic heterocycles. The quantitative estimate of drug-likeness (QED) is 0.770. The SMILES string of the molecule is OC1(CNCCc2ccc(F)cc2)CCCC1. The van der Waals surface area contributed by atoms with Crippen LogP contribution in [-0.4, -0.2) is 23.8 Å². The van der Waals surface area contributed by atoms with Gasteiger partial charge in [0.2, 0.25) is 0 Å². The van der Waals surface area contributed by atoms with Crippen molar-refractivity contribution in [2.45, 2.75) is 37.7 Å². The normalized spacial score (nSPS) is 18.5. The van der Waals surface area contributed by atoms with Gasteiger partial charge in [0, 0.05) is 6.54 Å². The summed E-state index contributed by atoms with van der Waals surface area (Å²) in [6, 6.07) is 6.59. The van der Waals surface area contributed by atoms with Crippen LogP contribution in [0.4, 0.5) is 4.39 Å². The van der Waals surface area contributed by atoms with Gasteiger partial charge in [-0.1, -0.05) is 25.0 Å². The Hall–Kier alpha value is -0.930. The Labute approximate surface area is 102 Å². The molecule has 1 aromatic carbocycles. The Bertz CT molecular complexity index is 344. The zero-order valence-electron chi connectivity index (χ0n) is 10.1. The van der Waals surface area contributed by atoms with E-state index in [1.165, 1.54) is 12.1 Å². The topological polar surface area (TPSA) is 32.3 Å². The van der Waals surface area contributed by atoms with Gasteiger partial charge in [-0.15, -0.1) is 0 Å². The van der Waals surface area contributed by atoms with Crippen molar-refractivity contribution in [1.82, 2.24) is 5.32 Å². The summed E-state index contributed by atoms with van der Waals surface area (Å²) in [5.74, 6) is -0.193. The second-order valence-corrected chi connectivity index (χ2v) is 4.98. The van der Waals surface area contributed by atoms with Crippen LogP contribution in [0, 0.1) is 5.82 Å². The molecule has 1 aliphatic rings. The maximum atomic E-state index is 12.7. The average Bonchev–Trinajstić information content (AvgIpc) is 2.74. The molecule has 2 rings (SSSR count). The molecule has 1 aliphatic carbocycles. The van der Waals surface area contributed by atoms with Crippen molar-refractivity contribution >= 4 is 0 Å². The summed E-state index contributed by atoms with van der Waals surface area (Å²) in [6.07, 6.45) is 4.97. The molecule has 94 valence electrons. The summed E-state index contributed by atoms with van der Waals surface area (Å²) in [6.45, 7) is 1.50. The van der Waals surface area contributed by atoms with Gasteiger partial charge in [-0.3, -0.25) is 0 Å². The van der Waals surface area contributed by atoms with Crippen LogP contribution in [0.2, 0.25) is 0 Å². The first-order chi connectivity index (χ1) is 8.18. The number of nitrogens with one attached hydrogen (secondary N) is 1. The summed E-state index contributed by atoms with van der Waals surface area (Å²) in [4.78, 5) is 0. The molecular formula is C14H20FNO. The molecule has 0 unspecified atom stereocenters. The lowest BCUT2D eigenvalue weighted by molar-refractivity contribution is 0.0481. The Morgan fingerprint density at radius 2 is 1.82 bits per heavy atom. The number of aliphatic hydroxyl groups is 1. The Kier molecular flexibility index (Phi) is 4.13. The third-order valence-electron chi connectivity index (χ3n) is 3.49. The molecule has 0 atom stereocenters. The van der Waals surface area contributed by atoms with Crippen LogP contribution in [-0.2, 0) is 6.42 Å². The number of hydrogen-bond acceptors (Lipinski definition) is 2. The summed E-state index contributed by atoms with van der Waals surface area (Å²) in [5, 5.41) is 13.4. The van der Waals surface area contributed by atoms with Gasteiger partial charge in [0.05, 0.1) is 5.60 Å². The summed E-state index contributed by atoms with van der Waals surface area (Å²) in [5.41, 5.74) is 0.639. The van der Waals surface area contributed by atoms with Crippen molar-refractivity contribution < 1.29 is 9.50 Å². The highest BCUT2D eigenvalue weighted by atomic mass is 19.1. The molecule has 3 heteroatoms. The minimum Gasteiger partial charge on any atom is -0.389 e. The third-order valence-corrected chi connectivity index (χ3v) is 3.49. The Morgan fingerprint density at radius 3 is 2.47 bits per heavy atom. The summed E-state index contributed by atoms with van der Waals surface area (Å²) in [7, 11) is 0. The van der Waals surface area contributed by atoms with Crippen molar-refractivity contribution in [2.24, 2.45) is 0 Å². The maximum Gasteiger partial charge on any atom is 0.123 e. The maximum absolute atomic E-state index is 12.7. The molecule has 2 N–H and O–H groups in total. The number of hydrogen-bond donors (Lipinski definition) is 2. The zero-order valence-corrected chi connectivity index (χ0v) is 10.1. The van der Waals surface area contributed by atoms with Crippen LogP contribution in [0.5, 0.6) is 0 Å². The second-order valence-electron chi connectivity index (χ2n) is 4.98. The van der Waals surface area contributed by atoms with Crippen molar-refractivity contribution in [3.63, 3.8) is 0 Å². The largest absolute Gasteiger partial charge is 0.389 e. The number of benzene rings is 1. The fraction of sp³-hybridized carbons (Fsp3) is 0.571. The van der Waals surface area contributed by atoms with Gasteiger partial charge in [0.1, 0.15) is 5.82 Å². The van der Waals surface area contributed by atoms with Gasteiger partial charge in [-0.2, -0.15) is 0 Å². The molecule has 0 heterocycles. The van der Waals surface area contributed by atoms with E-state index in [0.29, 0.717) is 6.54 Å². The fourth-order valence-corrected chi connectivity index (χ4v) is 2.41.